The van der Waals surface area contributed by atoms with E-state index in [-0.39, 0.29) is 29.7 Å². The summed E-state index contributed by atoms with van der Waals surface area (Å²) >= 11 is 0. The van der Waals surface area contributed by atoms with Crippen LogP contribution in [0.3, 0.4) is 0 Å². The van der Waals surface area contributed by atoms with Crippen molar-refractivity contribution in [3.63, 3.8) is 0 Å². The zero-order chi connectivity index (χ0) is 15.3. The lowest BCUT2D eigenvalue weighted by Crippen LogP contribution is -2.32. The van der Waals surface area contributed by atoms with Gasteiger partial charge >= 0.3 is 0 Å². The van der Waals surface area contributed by atoms with Gasteiger partial charge in [-0.05, 0) is 17.9 Å². The number of nitro groups is 1. The van der Waals surface area contributed by atoms with Gasteiger partial charge in [0.05, 0.1) is 10.4 Å². The first kappa shape index (κ1) is 15.7. The highest BCUT2D eigenvalue weighted by Gasteiger charge is 2.39. The Bertz CT molecular complexity index is 765. The number of H-pyrrole nitrogens is 1. The molecule has 1 aromatic heterocycles. The second kappa shape index (κ2) is 5.78. The number of non-ortho nitro benzene ring substituents is 1. The predicted octanol–water partition coefficient (Wildman–Crippen LogP) is 1.18. The number of hydrogen-bond acceptors (Lipinski definition) is 5. The number of carbonyl (C=O) groups excluding carboxylic acids is 1. The van der Waals surface area contributed by atoms with Crippen molar-refractivity contribution in [1.82, 2.24) is 20.4 Å². The lowest BCUT2D eigenvalue weighted by Gasteiger charge is -2.16. The summed E-state index contributed by atoms with van der Waals surface area (Å²) in [5.41, 5.74) is 0.868. The largest absolute Gasteiger partial charge is 0.337 e. The van der Waals surface area contributed by atoms with Crippen molar-refractivity contribution in [2.75, 3.05) is 26.2 Å². The van der Waals surface area contributed by atoms with Crippen molar-refractivity contribution in [3.05, 3.63) is 34.0 Å². The van der Waals surface area contributed by atoms with E-state index in [4.69, 9.17) is 0 Å². The van der Waals surface area contributed by atoms with Crippen molar-refractivity contribution < 1.29 is 9.72 Å². The average Bonchev–Trinajstić information content (AvgIpc) is 3.19. The minimum atomic E-state index is -0.466. The third kappa shape index (κ3) is 2.53. The standard InChI is InChI=1S/C14H15N5O3.ClH/c20-14(18-6-8-4-15-5-9(8)7-18)13-11-3-10(19(21)22)1-2-12(11)16-17-13;/h1-3,8-9,15H,4-7H2,(H,16,17);1H/t8-,9+;. The van der Waals surface area contributed by atoms with E-state index >= 15 is 0 Å². The van der Waals surface area contributed by atoms with E-state index in [1.54, 1.807) is 6.07 Å². The van der Waals surface area contributed by atoms with Gasteiger partial charge in [0.1, 0.15) is 0 Å². The number of likely N-dealkylation sites (tertiary alicyclic amines) is 1. The Morgan fingerprint density at radius 1 is 1.30 bits per heavy atom. The molecule has 8 nitrogen and oxygen atoms in total. The number of hydrogen-bond donors (Lipinski definition) is 2. The lowest BCUT2D eigenvalue weighted by atomic mass is 10.0. The number of nitrogens with zero attached hydrogens (tertiary/aromatic N) is 3. The second-order valence-corrected chi connectivity index (χ2v) is 5.95. The Hall–Kier alpha value is -2.19. The number of benzene rings is 1. The fourth-order valence-corrected chi connectivity index (χ4v) is 3.45. The molecule has 2 aliphatic rings. The molecule has 2 N–H and O–H groups in total. The molecule has 0 aliphatic carbocycles. The molecule has 1 aromatic carbocycles. The Morgan fingerprint density at radius 2 is 2.00 bits per heavy atom. The van der Waals surface area contributed by atoms with Gasteiger partial charge in [-0.2, -0.15) is 5.10 Å². The van der Waals surface area contributed by atoms with Gasteiger partial charge in [-0.3, -0.25) is 20.0 Å². The molecule has 0 spiro atoms. The molecule has 2 aromatic rings. The van der Waals surface area contributed by atoms with E-state index < -0.39 is 4.92 Å². The Labute approximate surface area is 137 Å². The molecule has 9 heteroatoms. The van der Waals surface area contributed by atoms with Crippen LogP contribution in [0.4, 0.5) is 5.69 Å². The number of nitrogens with one attached hydrogen (secondary N) is 2. The summed E-state index contributed by atoms with van der Waals surface area (Å²) in [5.74, 6) is 0.855. The quantitative estimate of drug-likeness (QED) is 0.632. The lowest BCUT2D eigenvalue weighted by molar-refractivity contribution is -0.384. The zero-order valence-corrected chi connectivity index (χ0v) is 13.0. The molecule has 2 atom stereocenters. The summed E-state index contributed by atoms with van der Waals surface area (Å²) in [7, 11) is 0. The SMILES string of the molecule is Cl.O=C(c1n[nH]c2ccc([N+](=O)[O-])cc12)N1C[C@H]2CNC[C@H]2C1. The molecule has 122 valence electrons. The van der Waals surface area contributed by atoms with Gasteiger partial charge < -0.3 is 10.2 Å². The predicted molar refractivity (Wildman–Crippen MR) is 85.7 cm³/mol. The maximum atomic E-state index is 12.7. The van der Waals surface area contributed by atoms with Gasteiger partial charge in [0.2, 0.25) is 0 Å². The van der Waals surface area contributed by atoms with E-state index in [1.165, 1.54) is 12.1 Å². The van der Waals surface area contributed by atoms with Gasteiger partial charge in [0, 0.05) is 43.7 Å². The van der Waals surface area contributed by atoms with Crippen LogP contribution in [0.25, 0.3) is 10.9 Å². The number of aromatic amines is 1. The number of fused-ring (bicyclic) bond motifs is 2. The van der Waals surface area contributed by atoms with Crippen LogP contribution >= 0.6 is 12.4 Å². The van der Waals surface area contributed by atoms with Crippen LogP contribution in [0.1, 0.15) is 10.5 Å². The van der Waals surface area contributed by atoms with Crippen molar-refractivity contribution in [2.45, 2.75) is 0 Å². The molecular weight excluding hydrogens is 322 g/mol. The fraction of sp³-hybridized carbons (Fsp3) is 0.429. The summed E-state index contributed by atoms with van der Waals surface area (Å²) in [4.78, 5) is 24.9. The van der Waals surface area contributed by atoms with Crippen molar-refractivity contribution in [1.29, 1.82) is 0 Å². The number of amides is 1. The average molecular weight is 338 g/mol. The highest BCUT2D eigenvalue weighted by atomic mass is 35.5. The maximum absolute atomic E-state index is 12.7. The molecule has 2 aliphatic heterocycles. The van der Waals surface area contributed by atoms with Gasteiger partial charge in [-0.25, -0.2) is 0 Å². The monoisotopic (exact) mass is 337 g/mol. The third-order valence-corrected chi connectivity index (χ3v) is 4.64. The van der Waals surface area contributed by atoms with Crippen LogP contribution in [0.5, 0.6) is 0 Å². The van der Waals surface area contributed by atoms with Gasteiger partial charge in [0.25, 0.3) is 11.6 Å². The Balaban J connectivity index is 0.00000156. The third-order valence-electron chi connectivity index (χ3n) is 4.64. The second-order valence-electron chi connectivity index (χ2n) is 5.95. The van der Waals surface area contributed by atoms with Crippen molar-refractivity contribution >= 4 is 34.9 Å². The van der Waals surface area contributed by atoms with Crippen LogP contribution in [-0.4, -0.2) is 52.1 Å². The van der Waals surface area contributed by atoms with Crippen LogP contribution in [0.2, 0.25) is 0 Å². The Morgan fingerprint density at radius 3 is 2.65 bits per heavy atom. The minimum absolute atomic E-state index is 0. The first-order chi connectivity index (χ1) is 10.6. The molecule has 3 heterocycles. The molecular formula is C14H16ClN5O3. The number of halogens is 1. The molecule has 23 heavy (non-hydrogen) atoms. The van der Waals surface area contributed by atoms with Crippen molar-refractivity contribution in [2.24, 2.45) is 11.8 Å². The van der Waals surface area contributed by atoms with Crippen molar-refractivity contribution in [3.8, 4) is 0 Å². The number of rotatable bonds is 2. The molecule has 2 fully saturated rings. The zero-order valence-electron chi connectivity index (χ0n) is 12.2. The van der Waals surface area contributed by atoms with E-state index in [2.05, 4.69) is 15.5 Å². The van der Waals surface area contributed by atoms with E-state index in [0.29, 0.717) is 22.7 Å². The summed E-state index contributed by atoms with van der Waals surface area (Å²) in [6, 6.07) is 4.39. The number of aromatic nitrogens is 2. The van der Waals surface area contributed by atoms with Crippen LogP contribution in [0, 0.1) is 22.0 Å². The topological polar surface area (TPSA) is 104 Å². The molecule has 4 rings (SSSR count). The molecule has 2 saturated heterocycles. The van der Waals surface area contributed by atoms with Gasteiger partial charge in [-0.1, -0.05) is 0 Å². The van der Waals surface area contributed by atoms with Crippen LogP contribution in [0.15, 0.2) is 18.2 Å². The molecule has 0 unspecified atom stereocenters. The molecule has 1 amide bonds. The highest BCUT2D eigenvalue weighted by Crippen LogP contribution is 2.29. The molecule has 0 saturated carbocycles. The van der Waals surface area contributed by atoms with Crippen LogP contribution < -0.4 is 5.32 Å². The first-order valence-corrected chi connectivity index (χ1v) is 7.26. The summed E-state index contributed by atoms with van der Waals surface area (Å²) in [6.07, 6.45) is 0. The summed E-state index contributed by atoms with van der Waals surface area (Å²) < 4.78 is 0. The van der Waals surface area contributed by atoms with E-state index in [0.717, 1.165) is 26.2 Å². The maximum Gasteiger partial charge on any atom is 0.275 e. The summed E-state index contributed by atoms with van der Waals surface area (Å²) in [5, 5.41) is 21.6. The van der Waals surface area contributed by atoms with E-state index in [9.17, 15) is 14.9 Å². The van der Waals surface area contributed by atoms with E-state index in [1.807, 2.05) is 4.90 Å². The minimum Gasteiger partial charge on any atom is -0.337 e. The fourth-order valence-electron chi connectivity index (χ4n) is 3.45. The van der Waals surface area contributed by atoms with Crippen LogP contribution in [-0.2, 0) is 0 Å². The normalized spacial score (nSPS) is 22.9. The molecule has 0 radical (unpaired) electrons. The Kier molecular flexibility index (Phi) is 3.95. The number of carbonyl (C=O) groups is 1. The molecule has 0 bridgehead atoms. The highest BCUT2D eigenvalue weighted by molar-refractivity contribution is 6.05. The van der Waals surface area contributed by atoms with Gasteiger partial charge in [0.15, 0.2) is 5.69 Å². The van der Waals surface area contributed by atoms with Gasteiger partial charge in [-0.15, -0.1) is 12.4 Å². The first-order valence-electron chi connectivity index (χ1n) is 7.26. The smallest absolute Gasteiger partial charge is 0.275 e. The number of nitro benzene ring substituents is 1. The summed E-state index contributed by atoms with van der Waals surface area (Å²) in [6.45, 7) is 3.34.